The number of aromatic nitrogens is 2. The summed E-state index contributed by atoms with van der Waals surface area (Å²) in [5, 5.41) is 8.05. The first-order valence-electron chi connectivity index (χ1n) is 7.40. The van der Waals surface area contributed by atoms with Gasteiger partial charge in [-0.25, -0.2) is 0 Å². The first-order chi connectivity index (χ1) is 8.66. The summed E-state index contributed by atoms with van der Waals surface area (Å²) in [7, 11) is 1.99. The Kier molecular flexibility index (Phi) is 4.81. The fourth-order valence-corrected chi connectivity index (χ4v) is 3.13. The van der Waals surface area contributed by atoms with E-state index < -0.39 is 0 Å². The maximum atomic E-state index is 4.41. The van der Waals surface area contributed by atoms with E-state index in [0.29, 0.717) is 6.04 Å². The molecule has 1 aliphatic rings. The molecular weight excluding hydrogens is 222 g/mol. The van der Waals surface area contributed by atoms with Crippen LogP contribution in [-0.4, -0.2) is 16.3 Å². The van der Waals surface area contributed by atoms with Crippen molar-refractivity contribution in [2.24, 2.45) is 13.0 Å². The van der Waals surface area contributed by atoms with Gasteiger partial charge in [0.1, 0.15) is 0 Å². The highest BCUT2D eigenvalue weighted by Crippen LogP contribution is 2.26. The van der Waals surface area contributed by atoms with Crippen LogP contribution in [0.2, 0.25) is 0 Å². The second kappa shape index (κ2) is 6.37. The van der Waals surface area contributed by atoms with Crippen molar-refractivity contribution in [3.63, 3.8) is 0 Å². The van der Waals surface area contributed by atoms with Crippen LogP contribution in [-0.2, 0) is 7.05 Å². The van der Waals surface area contributed by atoms with Gasteiger partial charge in [0.2, 0.25) is 0 Å². The zero-order valence-electron chi connectivity index (χ0n) is 12.1. The standard InChI is InChI=1S/C15H27N3/c1-12(15-11-18(3)17-13(15)2)16-10-9-14-7-5-4-6-8-14/h11-12,14,16H,4-10H2,1-3H3. The number of hydrogen-bond donors (Lipinski definition) is 1. The minimum Gasteiger partial charge on any atom is -0.310 e. The van der Waals surface area contributed by atoms with E-state index in [4.69, 9.17) is 0 Å². The van der Waals surface area contributed by atoms with Gasteiger partial charge >= 0.3 is 0 Å². The summed E-state index contributed by atoms with van der Waals surface area (Å²) >= 11 is 0. The molecule has 0 aliphatic heterocycles. The van der Waals surface area contributed by atoms with E-state index in [1.54, 1.807) is 0 Å². The van der Waals surface area contributed by atoms with Gasteiger partial charge in [0, 0.05) is 24.8 Å². The van der Waals surface area contributed by atoms with Gasteiger partial charge in [-0.05, 0) is 32.7 Å². The Labute approximate surface area is 111 Å². The second-order valence-corrected chi connectivity index (χ2v) is 5.81. The smallest absolute Gasteiger partial charge is 0.0641 e. The van der Waals surface area contributed by atoms with Crippen molar-refractivity contribution in [3.8, 4) is 0 Å². The lowest BCUT2D eigenvalue weighted by atomic mass is 9.87. The molecule has 102 valence electrons. The van der Waals surface area contributed by atoms with E-state index in [1.165, 1.54) is 44.1 Å². The average molecular weight is 249 g/mol. The molecule has 1 aliphatic carbocycles. The SMILES string of the molecule is Cc1nn(C)cc1C(C)NCCC1CCCCC1. The third-order valence-corrected chi connectivity index (χ3v) is 4.25. The molecule has 0 radical (unpaired) electrons. The van der Waals surface area contributed by atoms with Gasteiger partial charge in [-0.3, -0.25) is 4.68 Å². The van der Waals surface area contributed by atoms with Crippen LogP contribution in [0.1, 0.15) is 62.7 Å². The highest BCUT2D eigenvalue weighted by atomic mass is 15.3. The van der Waals surface area contributed by atoms with E-state index in [1.807, 2.05) is 11.7 Å². The van der Waals surface area contributed by atoms with Gasteiger partial charge in [0.05, 0.1) is 5.69 Å². The maximum Gasteiger partial charge on any atom is 0.0641 e. The molecule has 1 saturated carbocycles. The first-order valence-corrected chi connectivity index (χ1v) is 7.40. The van der Waals surface area contributed by atoms with Gasteiger partial charge in [-0.15, -0.1) is 0 Å². The lowest BCUT2D eigenvalue weighted by Crippen LogP contribution is -2.22. The molecule has 1 fully saturated rings. The summed E-state index contributed by atoms with van der Waals surface area (Å²) < 4.78 is 1.91. The van der Waals surface area contributed by atoms with Gasteiger partial charge in [-0.1, -0.05) is 32.1 Å². The fourth-order valence-electron chi connectivity index (χ4n) is 3.13. The zero-order valence-corrected chi connectivity index (χ0v) is 12.1. The van der Waals surface area contributed by atoms with Crippen LogP contribution in [0.5, 0.6) is 0 Å². The molecule has 1 N–H and O–H groups in total. The van der Waals surface area contributed by atoms with Crippen molar-refractivity contribution < 1.29 is 0 Å². The van der Waals surface area contributed by atoms with E-state index in [0.717, 1.165) is 18.2 Å². The Morgan fingerprint density at radius 1 is 1.39 bits per heavy atom. The highest BCUT2D eigenvalue weighted by Gasteiger charge is 2.15. The van der Waals surface area contributed by atoms with Crippen LogP contribution in [0.4, 0.5) is 0 Å². The molecule has 0 spiro atoms. The molecule has 1 unspecified atom stereocenters. The molecule has 1 aromatic rings. The lowest BCUT2D eigenvalue weighted by Gasteiger charge is -2.22. The molecule has 1 atom stereocenters. The second-order valence-electron chi connectivity index (χ2n) is 5.81. The van der Waals surface area contributed by atoms with Crippen molar-refractivity contribution in [2.45, 2.75) is 58.4 Å². The number of aryl methyl sites for hydroxylation is 2. The molecule has 3 nitrogen and oxygen atoms in total. The summed E-state index contributed by atoms with van der Waals surface area (Å²) in [6.07, 6.45) is 10.7. The van der Waals surface area contributed by atoms with Crippen molar-refractivity contribution in [1.82, 2.24) is 15.1 Å². The summed E-state index contributed by atoms with van der Waals surface area (Å²) in [6.45, 7) is 5.47. The number of rotatable bonds is 5. The highest BCUT2D eigenvalue weighted by molar-refractivity contribution is 5.19. The van der Waals surface area contributed by atoms with Crippen LogP contribution in [0.3, 0.4) is 0 Å². The fraction of sp³-hybridized carbons (Fsp3) is 0.800. The van der Waals surface area contributed by atoms with E-state index in [9.17, 15) is 0 Å². The Morgan fingerprint density at radius 3 is 2.72 bits per heavy atom. The number of hydrogen-bond acceptors (Lipinski definition) is 2. The molecule has 0 saturated heterocycles. The molecule has 3 heteroatoms. The van der Waals surface area contributed by atoms with Gasteiger partial charge in [-0.2, -0.15) is 5.10 Å². The molecule has 18 heavy (non-hydrogen) atoms. The first kappa shape index (κ1) is 13.6. The Bertz CT molecular complexity index is 364. The van der Waals surface area contributed by atoms with Crippen molar-refractivity contribution >= 4 is 0 Å². The predicted octanol–water partition coefficient (Wildman–Crippen LogP) is 3.35. The van der Waals surface area contributed by atoms with Crippen LogP contribution in [0.15, 0.2) is 6.20 Å². The minimum absolute atomic E-state index is 0.419. The monoisotopic (exact) mass is 249 g/mol. The minimum atomic E-state index is 0.419. The van der Waals surface area contributed by atoms with Crippen LogP contribution >= 0.6 is 0 Å². The Morgan fingerprint density at radius 2 is 2.11 bits per heavy atom. The van der Waals surface area contributed by atoms with E-state index in [2.05, 4.69) is 30.5 Å². The maximum absolute atomic E-state index is 4.41. The third kappa shape index (κ3) is 3.58. The Balaban J connectivity index is 1.74. The largest absolute Gasteiger partial charge is 0.310 e. The van der Waals surface area contributed by atoms with Crippen molar-refractivity contribution in [1.29, 1.82) is 0 Å². The van der Waals surface area contributed by atoms with Crippen LogP contribution < -0.4 is 5.32 Å². The summed E-state index contributed by atoms with van der Waals surface area (Å²) in [6, 6.07) is 0.419. The number of nitrogens with one attached hydrogen (secondary N) is 1. The van der Waals surface area contributed by atoms with Gasteiger partial charge in [0.25, 0.3) is 0 Å². The zero-order chi connectivity index (χ0) is 13.0. The molecule has 1 heterocycles. The van der Waals surface area contributed by atoms with Crippen molar-refractivity contribution in [2.75, 3.05) is 6.54 Å². The molecule has 0 aromatic carbocycles. The van der Waals surface area contributed by atoms with Gasteiger partial charge < -0.3 is 5.32 Å². The average Bonchev–Trinajstić information content (AvgIpc) is 2.70. The summed E-state index contributed by atoms with van der Waals surface area (Å²) in [4.78, 5) is 0. The lowest BCUT2D eigenvalue weighted by molar-refractivity contribution is 0.329. The van der Waals surface area contributed by atoms with Crippen LogP contribution in [0.25, 0.3) is 0 Å². The van der Waals surface area contributed by atoms with Gasteiger partial charge in [0.15, 0.2) is 0 Å². The molecule has 0 amide bonds. The number of nitrogens with zero attached hydrogens (tertiary/aromatic N) is 2. The Hall–Kier alpha value is -0.830. The van der Waals surface area contributed by atoms with E-state index >= 15 is 0 Å². The molecular formula is C15H27N3. The van der Waals surface area contributed by atoms with Crippen LogP contribution in [0, 0.1) is 12.8 Å². The summed E-state index contributed by atoms with van der Waals surface area (Å²) in [5.74, 6) is 0.966. The molecule has 1 aromatic heterocycles. The normalized spacial score (nSPS) is 19.1. The quantitative estimate of drug-likeness (QED) is 0.867. The molecule has 2 rings (SSSR count). The summed E-state index contributed by atoms with van der Waals surface area (Å²) in [5.41, 5.74) is 2.48. The van der Waals surface area contributed by atoms with E-state index in [-0.39, 0.29) is 0 Å². The van der Waals surface area contributed by atoms with Crippen molar-refractivity contribution in [3.05, 3.63) is 17.5 Å². The predicted molar refractivity (Wildman–Crippen MR) is 75.6 cm³/mol. The topological polar surface area (TPSA) is 29.9 Å². The molecule has 0 bridgehead atoms. The third-order valence-electron chi connectivity index (χ3n) is 4.25.